The molecule has 1 aromatic carbocycles. The smallest absolute Gasteiger partial charge is 0.269 e. The van der Waals surface area contributed by atoms with Gasteiger partial charge in [-0.15, -0.1) is 11.8 Å². The zero-order valence-electron chi connectivity index (χ0n) is 15.1. The Bertz CT molecular complexity index is 769. The highest BCUT2D eigenvalue weighted by Gasteiger charge is 2.11. The van der Waals surface area contributed by atoms with Crippen LogP contribution in [0.1, 0.15) is 47.9 Å². The number of hydrogen-bond donors (Lipinski definition) is 1. The van der Waals surface area contributed by atoms with Crippen molar-refractivity contribution in [1.82, 2.24) is 15.1 Å². The van der Waals surface area contributed by atoms with E-state index < -0.39 is 0 Å². The van der Waals surface area contributed by atoms with Crippen LogP contribution in [-0.2, 0) is 13.6 Å². The number of carbonyl (C=O) groups excluding carboxylic acids is 1. The highest BCUT2D eigenvalue weighted by molar-refractivity contribution is 5.92. The van der Waals surface area contributed by atoms with E-state index in [9.17, 15) is 4.79 Å². The molecule has 1 heterocycles. The van der Waals surface area contributed by atoms with Crippen molar-refractivity contribution in [2.24, 2.45) is 7.05 Å². The van der Waals surface area contributed by atoms with Gasteiger partial charge in [-0.25, -0.2) is 0 Å². The van der Waals surface area contributed by atoms with Gasteiger partial charge in [0.1, 0.15) is 11.4 Å². The predicted molar refractivity (Wildman–Crippen MR) is 98.4 cm³/mol. The number of aryl methyl sites for hydroxylation is 2. The fourth-order valence-electron chi connectivity index (χ4n) is 2.41. The minimum absolute atomic E-state index is 0.135. The zero-order chi connectivity index (χ0) is 18.1. The Balaban J connectivity index is 1.82. The zero-order valence-corrected chi connectivity index (χ0v) is 15.1. The third-order valence-electron chi connectivity index (χ3n) is 3.60. The molecule has 0 unspecified atom stereocenters. The summed E-state index contributed by atoms with van der Waals surface area (Å²) in [5.74, 6) is 6.83. The molecule has 5 heteroatoms. The summed E-state index contributed by atoms with van der Waals surface area (Å²) in [6.45, 7) is 5.00. The molecule has 0 aliphatic rings. The van der Waals surface area contributed by atoms with E-state index in [1.165, 1.54) is 0 Å². The Morgan fingerprint density at radius 3 is 2.88 bits per heavy atom. The molecule has 0 saturated heterocycles. The maximum atomic E-state index is 12.2. The van der Waals surface area contributed by atoms with Gasteiger partial charge in [0.05, 0.1) is 12.3 Å². The SMILES string of the molecule is CCC#CCCCOc1cccc(CNC(=O)c2cc(C)nn2C)c1. The monoisotopic (exact) mass is 339 g/mol. The highest BCUT2D eigenvalue weighted by Crippen LogP contribution is 2.14. The third kappa shape index (κ3) is 6.00. The summed E-state index contributed by atoms with van der Waals surface area (Å²) in [6.07, 6.45) is 2.66. The maximum absolute atomic E-state index is 12.2. The van der Waals surface area contributed by atoms with Crippen LogP contribution in [0.2, 0.25) is 0 Å². The number of nitrogens with one attached hydrogen (secondary N) is 1. The molecule has 1 amide bonds. The van der Waals surface area contributed by atoms with Crippen molar-refractivity contribution >= 4 is 5.91 Å². The second kappa shape index (κ2) is 9.53. The molecule has 0 saturated carbocycles. The Morgan fingerprint density at radius 1 is 1.32 bits per heavy atom. The van der Waals surface area contributed by atoms with Crippen molar-refractivity contribution in [2.75, 3.05) is 6.61 Å². The molecule has 0 bridgehead atoms. The summed E-state index contributed by atoms with van der Waals surface area (Å²) in [6, 6.07) is 9.55. The lowest BCUT2D eigenvalue weighted by molar-refractivity contribution is 0.0941. The van der Waals surface area contributed by atoms with E-state index in [1.807, 2.05) is 38.1 Å². The fourth-order valence-corrected chi connectivity index (χ4v) is 2.41. The first kappa shape index (κ1) is 18.6. The van der Waals surface area contributed by atoms with E-state index in [0.717, 1.165) is 36.3 Å². The van der Waals surface area contributed by atoms with Gasteiger partial charge in [-0.3, -0.25) is 9.48 Å². The van der Waals surface area contributed by atoms with Crippen LogP contribution in [0.5, 0.6) is 5.75 Å². The predicted octanol–water partition coefficient (Wildman–Crippen LogP) is 3.23. The molecule has 0 radical (unpaired) electrons. The number of ether oxygens (including phenoxy) is 1. The van der Waals surface area contributed by atoms with Crippen LogP contribution in [0.3, 0.4) is 0 Å². The Labute approximate surface area is 149 Å². The van der Waals surface area contributed by atoms with E-state index in [1.54, 1.807) is 17.8 Å². The normalized spacial score (nSPS) is 10.0. The lowest BCUT2D eigenvalue weighted by atomic mass is 10.2. The number of amides is 1. The van der Waals surface area contributed by atoms with E-state index >= 15 is 0 Å². The lowest BCUT2D eigenvalue weighted by Crippen LogP contribution is -2.25. The largest absolute Gasteiger partial charge is 0.494 e. The standard InChI is InChI=1S/C20H25N3O2/c1-4-5-6-7-8-12-25-18-11-9-10-17(14-18)15-21-20(24)19-13-16(2)22-23(19)3/h9-11,13-14H,4,7-8,12,15H2,1-3H3,(H,21,24). The molecule has 0 fully saturated rings. The molecule has 0 atom stereocenters. The molecule has 0 aliphatic heterocycles. The van der Waals surface area contributed by atoms with Gasteiger partial charge >= 0.3 is 0 Å². The van der Waals surface area contributed by atoms with Gasteiger partial charge < -0.3 is 10.1 Å². The molecular formula is C20H25N3O2. The summed E-state index contributed by atoms with van der Waals surface area (Å²) < 4.78 is 7.34. The van der Waals surface area contributed by atoms with Crippen LogP contribution in [0.15, 0.2) is 30.3 Å². The number of rotatable bonds is 7. The average Bonchev–Trinajstić information content (AvgIpc) is 2.94. The molecule has 5 nitrogen and oxygen atoms in total. The maximum Gasteiger partial charge on any atom is 0.269 e. The molecule has 2 rings (SSSR count). The van der Waals surface area contributed by atoms with Crippen LogP contribution in [0.25, 0.3) is 0 Å². The second-order valence-corrected chi connectivity index (χ2v) is 5.78. The van der Waals surface area contributed by atoms with Crippen molar-refractivity contribution in [3.05, 3.63) is 47.3 Å². The van der Waals surface area contributed by atoms with Gasteiger partial charge in [0.25, 0.3) is 5.91 Å². The van der Waals surface area contributed by atoms with Crippen LogP contribution in [-0.4, -0.2) is 22.3 Å². The first-order valence-electron chi connectivity index (χ1n) is 8.56. The molecule has 1 N–H and O–H groups in total. The van der Waals surface area contributed by atoms with Crippen molar-refractivity contribution in [2.45, 2.75) is 39.7 Å². The van der Waals surface area contributed by atoms with Crippen molar-refractivity contribution in [3.8, 4) is 17.6 Å². The summed E-state index contributed by atoms with van der Waals surface area (Å²) >= 11 is 0. The minimum Gasteiger partial charge on any atom is -0.494 e. The molecule has 0 aliphatic carbocycles. The van der Waals surface area contributed by atoms with E-state index in [-0.39, 0.29) is 5.91 Å². The van der Waals surface area contributed by atoms with Crippen LogP contribution >= 0.6 is 0 Å². The Kier molecular flexibility index (Phi) is 7.09. The number of nitrogens with zero attached hydrogens (tertiary/aromatic N) is 2. The van der Waals surface area contributed by atoms with E-state index in [2.05, 4.69) is 22.3 Å². The first-order valence-corrected chi connectivity index (χ1v) is 8.56. The molecule has 132 valence electrons. The first-order chi connectivity index (χ1) is 12.1. The van der Waals surface area contributed by atoms with Gasteiger partial charge in [0.15, 0.2) is 0 Å². The van der Waals surface area contributed by atoms with Crippen LogP contribution in [0, 0.1) is 18.8 Å². The summed E-state index contributed by atoms with van der Waals surface area (Å²) in [5, 5.41) is 7.10. The van der Waals surface area contributed by atoms with Crippen molar-refractivity contribution in [3.63, 3.8) is 0 Å². The second-order valence-electron chi connectivity index (χ2n) is 5.78. The van der Waals surface area contributed by atoms with Gasteiger partial charge in [-0.2, -0.15) is 5.10 Å². The van der Waals surface area contributed by atoms with Gasteiger partial charge in [0, 0.05) is 26.4 Å². The molecule has 2 aromatic rings. The highest BCUT2D eigenvalue weighted by atomic mass is 16.5. The number of benzene rings is 1. The Hall–Kier alpha value is -2.74. The average molecular weight is 339 g/mol. The minimum atomic E-state index is -0.135. The van der Waals surface area contributed by atoms with Gasteiger partial charge in [-0.05, 0) is 37.1 Å². The van der Waals surface area contributed by atoms with Crippen molar-refractivity contribution < 1.29 is 9.53 Å². The van der Waals surface area contributed by atoms with Crippen LogP contribution < -0.4 is 10.1 Å². The van der Waals surface area contributed by atoms with E-state index in [0.29, 0.717) is 18.8 Å². The summed E-state index contributed by atoms with van der Waals surface area (Å²) in [7, 11) is 1.77. The molecular weight excluding hydrogens is 314 g/mol. The topological polar surface area (TPSA) is 56.1 Å². The molecule has 1 aromatic heterocycles. The van der Waals surface area contributed by atoms with E-state index in [4.69, 9.17) is 4.74 Å². The number of aromatic nitrogens is 2. The lowest BCUT2D eigenvalue weighted by Gasteiger charge is -2.09. The fraction of sp³-hybridized carbons (Fsp3) is 0.400. The quantitative estimate of drug-likeness (QED) is 0.622. The van der Waals surface area contributed by atoms with Gasteiger partial charge in [-0.1, -0.05) is 19.1 Å². The summed E-state index contributed by atoms with van der Waals surface area (Å²) in [5.41, 5.74) is 2.38. The van der Waals surface area contributed by atoms with Gasteiger partial charge in [0.2, 0.25) is 0 Å². The molecule has 25 heavy (non-hydrogen) atoms. The third-order valence-corrected chi connectivity index (χ3v) is 3.60. The number of carbonyl (C=O) groups is 1. The molecule has 0 spiro atoms. The Morgan fingerprint density at radius 2 is 2.16 bits per heavy atom. The van der Waals surface area contributed by atoms with Crippen molar-refractivity contribution in [1.29, 1.82) is 0 Å². The van der Waals surface area contributed by atoms with Crippen LogP contribution in [0.4, 0.5) is 0 Å². The number of unbranched alkanes of at least 4 members (excludes halogenated alkanes) is 1. The summed E-state index contributed by atoms with van der Waals surface area (Å²) in [4.78, 5) is 12.2. The number of hydrogen-bond acceptors (Lipinski definition) is 3.